The monoisotopic (exact) mass is 486 g/mol. The van der Waals surface area contributed by atoms with E-state index in [9.17, 15) is 9.59 Å². The van der Waals surface area contributed by atoms with Crippen LogP contribution in [-0.4, -0.2) is 54.4 Å². The molecule has 7 nitrogen and oxygen atoms in total. The summed E-state index contributed by atoms with van der Waals surface area (Å²) in [4.78, 5) is 35.2. The quantitative estimate of drug-likeness (QED) is 0.415. The molecule has 0 aliphatic carbocycles. The molecule has 4 aromatic rings. The summed E-state index contributed by atoms with van der Waals surface area (Å²) in [5.74, 6) is 0.443. The van der Waals surface area contributed by atoms with Gasteiger partial charge >= 0.3 is 0 Å². The summed E-state index contributed by atoms with van der Waals surface area (Å²) in [6.07, 6.45) is 1.85. The second-order valence-electron chi connectivity index (χ2n) is 8.25. The normalized spacial score (nSPS) is 13.6. The summed E-state index contributed by atoms with van der Waals surface area (Å²) in [5.41, 5.74) is 2.65. The van der Waals surface area contributed by atoms with Crippen LogP contribution in [0.5, 0.6) is 0 Å². The number of hydrogen-bond donors (Lipinski definition) is 1. The van der Waals surface area contributed by atoms with Crippen LogP contribution in [0.2, 0.25) is 0 Å². The molecule has 1 fully saturated rings. The number of carbonyl (C=O) groups is 2. The van der Waals surface area contributed by atoms with Crippen molar-refractivity contribution >= 4 is 28.8 Å². The third-order valence-corrected chi connectivity index (χ3v) is 7.06. The maximum atomic E-state index is 13.1. The van der Waals surface area contributed by atoms with Crippen LogP contribution in [0.15, 0.2) is 83.5 Å². The first-order valence-electron chi connectivity index (χ1n) is 11.6. The van der Waals surface area contributed by atoms with Gasteiger partial charge in [0.05, 0.1) is 12.0 Å². The predicted molar refractivity (Wildman–Crippen MR) is 137 cm³/mol. The van der Waals surface area contributed by atoms with Crippen LogP contribution in [0, 0.1) is 0 Å². The van der Waals surface area contributed by atoms with E-state index in [0.717, 1.165) is 18.7 Å². The van der Waals surface area contributed by atoms with Gasteiger partial charge in [-0.1, -0.05) is 48.5 Å². The summed E-state index contributed by atoms with van der Waals surface area (Å²) in [6, 6.07) is 23.5. The van der Waals surface area contributed by atoms with Crippen LogP contribution < -0.4 is 10.2 Å². The average Bonchev–Trinajstić information content (AvgIpc) is 3.60. The number of benzene rings is 2. The lowest BCUT2D eigenvalue weighted by atomic mass is 10.1. The third kappa shape index (κ3) is 5.27. The third-order valence-electron chi connectivity index (χ3n) is 5.99. The standard InChI is InChI=1S/C27H26N4O3S/c32-23(31-17-15-30(16-18-31)21-10-5-2-6-11-21)13-14-28-26(33)25-24(20-8-3-1-4-9-20)29-27(35-25)22-12-7-19-34-22/h1-12,19H,13-18H2,(H,28,33). The number of rotatable bonds is 7. The summed E-state index contributed by atoms with van der Waals surface area (Å²) in [5, 5.41) is 3.56. The number of anilines is 1. The van der Waals surface area contributed by atoms with Gasteiger partial charge in [-0.3, -0.25) is 9.59 Å². The lowest BCUT2D eigenvalue weighted by Crippen LogP contribution is -2.49. The van der Waals surface area contributed by atoms with Gasteiger partial charge in [0.25, 0.3) is 5.91 Å². The van der Waals surface area contributed by atoms with Crippen LogP contribution in [-0.2, 0) is 4.79 Å². The van der Waals surface area contributed by atoms with E-state index in [1.807, 2.05) is 59.5 Å². The fraction of sp³-hybridized carbons (Fsp3) is 0.222. The van der Waals surface area contributed by atoms with Gasteiger partial charge in [-0.25, -0.2) is 4.98 Å². The van der Waals surface area contributed by atoms with Crippen LogP contribution in [0.1, 0.15) is 16.1 Å². The van der Waals surface area contributed by atoms with Crippen LogP contribution in [0.3, 0.4) is 0 Å². The Kier molecular flexibility index (Phi) is 6.90. The average molecular weight is 487 g/mol. The smallest absolute Gasteiger partial charge is 0.263 e. The number of hydrogen-bond acceptors (Lipinski definition) is 6. The molecule has 3 heterocycles. The molecule has 1 aliphatic heterocycles. The second kappa shape index (κ2) is 10.6. The predicted octanol–water partition coefficient (Wildman–Crippen LogP) is 4.54. The fourth-order valence-corrected chi connectivity index (χ4v) is 5.12. The number of nitrogens with zero attached hydrogens (tertiary/aromatic N) is 3. The Bertz CT molecular complexity index is 1260. The van der Waals surface area contributed by atoms with E-state index in [1.54, 1.807) is 12.3 Å². The van der Waals surface area contributed by atoms with E-state index in [0.29, 0.717) is 34.4 Å². The molecule has 0 atom stereocenters. The molecule has 1 saturated heterocycles. The van der Waals surface area contributed by atoms with Gasteiger partial charge in [-0.05, 0) is 24.3 Å². The largest absolute Gasteiger partial charge is 0.462 e. The van der Waals surface area contributed by atoms with Crippen molar-refractivity contribution in [2.24, 2.45) is 0 Å². The number of thiazole rings is 1. The highest BCUT2D eigenvalue weighted by atomic mass is 32.1. The number of amides is 2. The summed E-state index contributed by atoms with van der Waals surface area (Å²) in [6.45, 7) is 3.25. The maximum Gasteiger partial charge on any atom is 0.263 e. The van der Waals surface area contributed by atoms with E-state index in [-0.39, 0.29) is 24.8 Å². The minimum absolute atomic E-state index is 0.0573. The first-order chi connectivity index (χ1) is 17.2. The number of aromatic nitrogens is 1. The zero-order valence-electron chi connectivity index (χ0n) is 19.2. The molecule has 1 N–H and O–H groups in total. The fourth-order valence-electron chi connectivity index (χ4n) is 4.15. The summed E-state index contributed by atoms with van der Waals surface area (Å²) >= 11 is 1.29. The molecule has 1 aliphatic rings. The van der Waals surface area contributed by atoms with E-state index in [4.69, 9.17) is 4.42 Å². The number of carbonyl (C=O) groups excluding carboxylic acids is 2. The Balaban J connectivity index is 1.19. The van der Waals surface area contributed by atoms with Crippen molar-refractivity contribution in [2.75, 3.05) is 37.6 Å². The molecule has 2 amide bonds. The van der Waals surface area contributed by atoms with Gasteiger partial charge in [0, 0.05) is 50.4 Å². The first kappa shape index (κ1) is 22.9. The van der Waals surface area contributed by atoms with E-state index in [1.165, 1.54) is 17.0 Å². The van der Waals surface area contributed by atoms with Crippen molar-refractivity contribution in [3.8, 4) is 22.0 Å². The topological polar surface area (TPSA) is 78.7 Å². The Morgan fingerprint density at radius 1 is 0.914 bits per heavy atom. The van der Waals surface area contributed by atoms with Crippen molar-refractivity contribution in [2.45, 2.75) is 6.42 Å². The molecule has 0 spiro atoms. The molecular weight excluding hydrogens is 460 g/mol. The highest BCUT2D eigenvalue weighted by molar-refractivity contribution is 7.17. The molecule has 0 saturated carbocycles. The van der Waals surface area contributed by atoms with Gasteiger partial charge in [-0.15, -0.1) is 11.3 Å². The molecule has 5 rings (SSSR count). The summed E-state index contributed by atoms with van der Waals surface area (Å²) < 4.78 is 5.48. The minimum Gasteiger partial charge on any atom is -0.462 e. The lowest BCUT2D eigenvalue weighted by Gasteiger charge is -2.36. The van der Waals surface area contributed by atoms with Gasteiger partial charge in [0.2, 0.25) is 5.91 Å². The highest BCUT2D eigenvalue weighted by Crippen LogP contribution is 2.34. The van der Waals surface area contributed by atoms with Gasteiger partial charge in [0.1, 0.15) is 4.88 Å². The van der Waals surface area contributed by atoms with Gasteiger partial charge in [-0.2, -0.15) is 0 Å². The second-order valence-corrected chi connectivity index (χ2v) is 9.25. The number of furan rings is 1. The van der Waals surface area contributed by atoms with Crippen molar-refractivity contribution < 1.29 is 14.0 Å². The minimum atomic E-state index is -0.235. The molecule has 2 aromatic heterocycles. The lowest BCUT2D eigenvalue weighted by molar-refractivity contribution is -0.131. The number of para-hydroxylation sites is 1. The molecule has 8 heteroatoms. The molecule has 178 valence electrons. The van der Waals surface area contributed by atoms with Crippen molar-refractivity contribution in [3.63, 3.8) is 0 Å². The molecule has 0 radical (unpaired) electrons. The Morgan fingerprint density at radius 2 is 1.63 bits per heavy atom. The Morgan fingerprint density at radius 3 is 2.31 bits per heavy atom. The van der Waals surface area contributed by atoms with Gasteiger partial charge < -0.3 is 19.5 Å². The van der Waals surface area contributed by atoms with Crippen molar-refractivity contribution in [3.05, 3.63) is 83.9 Å². The van der Waals surface area contributed by atoms with Crippen molar-refractivity contribution in [1.29, 1.82) is 0 Å². The Labute approximate surface area is 208 Å². The maximum absolute atomic E-state index is 13.1. The van der Waals surface area contributed by atoms with E-state index in [2.05, 4.69) is 27.3 Å². The molecular formula is C27H26N4O3S. The van der Waals surface area contributed by atoms with Crippen LogP contribution >= 0.6 is 11.3 Å². The summed E-state index contributed by atoms with van der Waals surface area (Å²) in [7, 11) is 0. The number of piperazine rings is 1. The zero-order chi connectivity index (χ0) is 24.0. The molecule has 35 heavy (non-hydrogen) atoms. The van der Waals surface area contributed by atoms with Crippen molar-refractivity contribution in [1.82, 2.24) is 15.2 Å². The van der Waals surface area contributed by atoms with Crippen LogP contribution in [0.25, 0.3) is 22.0 Å². The molecule has 0 bridgehead atoms. The Hall–Kier alpha value is -3.91. The van der Waals surface area contributed by atoms with E-state index >= 15 is 0 Å². The zero-order valence-corrected chi connectivity index (χ0v) is 20.0. The molecule has 0 unspecified atom stereocenters. The van der Waals surface area contributed by atoms with E-state index < -0.39 is 0 Å². The highest BCUT2D eigenvalue weighted by Gasteiger charge is 2.23. The van der Waals surface area contributed by atoms with Crippen LogP contribution in [0.4, 0.5) is 5.69 Å². The first-order valence-corrected chi connectivity index (χ1v) is 12.5. The SMILES string of the molecule is O=C(NCCC(=O)N1CCN(c2ccccc2)CC1)c1sc(-c2ccco2)nc1-c1ccccc1. The molecule has 2 aromatic carbocycles. The number of nitrogens with one attached hydrogen (secondary N) is 1. The van der Waals surface area contributed by atoms with Gasteiger partial charge in [0.15, 0.2) is 10.8 Å².